The van der Waals surface area contributed by atoms with E-state index >= 15 is 0 Å². The van der Waals surface area contributed by atoms with Gasteiger partial charge in [0, 0.05) is 0 Å². The third-order valence-electron chi connectivity index (χ3n) is 9.32. The predicted octanol–water partition coefficient (Wildman–Crippen LogP) is 9.44. The Morgan fingerprint density at radius 2 is 0.692 bits per heavy atom. The number of unbranched alkanes of at least 4 members (excludes halogenated alkanes) is 6. The van der Waals surface area contributed by atoms with Gasteiger partial charge in [0.1, 0.15) is 0 Å². The summed E-state index contributed by atoms with van der Waals surface area (Å²) < 4.78 is 13.3. The third kappa shape index (κ3) is 12.7. The molecule has 5 nitrogen and oxygen atoms in total. The molecule has 0 saturated heterocycles. The van der Waals surface area contributed by atoms with Crippen LogP contribution in [0.1, 0.15) is 132 Å². The van der Waals surface area contributed by atoms with Crippen LogP contribution in [0, 0.1) is 0 Å². The van der Waals surface area contributed by atoms with Crippen LogP contribution in [-0.4, -0.2) is 74.3 Å². The minimum absolute atomic E-state index is 0.0817. The fourth-order valence-electron chi connectivity index (χ4n) is 6.28. The maximum atomic E-state index is 13.3. The third-order valence-corrected chi connectivity index (χ3v) is 22.6. The van der Waals surface area contributed by atoms with E-state index in [4.69, 9.17) is 9.05 Å². The summed E-state index contributed by atoms with van der Waals surface area (Å²) in [5.74, 6) is -0.358. The molecule has 0 heterocycles. The van der Waals surface area contributed by atoms with Gasteiger partial charge in [-0.05, 0) is 0 Å². The zero-order chi connectivity index (χ0) is 29.7. The molecule has 0 aliphatic heterocycles. The second kappa shape index (κ2) is 19.8. The average molecular weight is 594 g/mol. The first-order valence-corrected chi connectivity index (χ1v) is 22.6. The Morgan fingerprint density at radius 1 is 0.462 bits per heavy atom. The van der Waals surface area contributed by atoms with Crippen molar-refractivity contribution < 1.29 is 18.6 Å². The van der Waals surface area contributed by atoms with Crippen LogP contribution in [0.5, 0.6) is 0 Å². The van der Waals surface area contributed by atoms with Crippen molar-refractivity contribution in [2.45, 2.75) is 132 Å². The van der Waals surface area contributed by atoms with Crippen molar-refractivity contribution in [2.24, 2.45) is 0 Å². The van der Waals surface area contributed by atoms with E-state index in [1.807, 2.05) is 0 Å². The van der Waals surface area contributed by atoms with Crippen LogP contribution in [0.15, 0.2) is 0 Å². The summed E-state index contributed by atoms with van der Waals surface area (Å²) in [5.41, 5.74) is 0. The molecule has 0 aliphatic rings. The second-order valence-corrected chi connectivity index (χ2v) is 24.1. The molecular formula is C32H69NO4P2. The predicted molar refractivity (Wildman–Crippen MR) is 179 cm³/mol. The van der Waals surface area contributed by atoms with Crippen LogP contribution in [0.4, 0.5) is 0 Å². The number of hydrogen-bond donors (Lipinski definition) is 1. The quantitative estimate of drug-likeness (QED) is 0.101. The zero-order valence-electron chi connectivity index (χ0n) is 27.6. The first kappa shape index (κ1) is 38.8. The second-order valence-electron chi connectivity index (χ2n) is 12.3. The summed E-state index contributed by atoms with van der Waals surface area (Å²) >= 11 is 0. The van der Waals surface area contributed by atoms with E-state index < -0.39 is 13.7 Å². The molecule has 0 aliphatic carbocycles. The number of carbonyl (C=O) groups excluding carboxylic acids is 2. The Kier molecular flexibility index (Phi) is 19.7. The van der Waals surface area contributed by atoms with Crippen LogP contribution in [-0.2, 0) is 18.6 Å². The summed E-state index contributed by atoms with van der Waals surface area (Å²) in [6, 6.07) is 0. The minimum atomic E-state index is -2.62. The summed E-state index contributed by atoms with van der Waals surface area (Å²) in [4.78, 5) is 26.7. The van der Waals surface area contributed by atoms with Crippen molar-refractivity contribution in [3.8, 4) is 0 Å². The number of carbonyl (C=O) groups is 2. The van der Waals surface area contributed by atoms with Crippen molar-refractivity contribution >= 4 is 25.6 Å². The molecule has 0 aromatic heterocycles. The molecule has 236 valence electrons. The molecule has 0 atom stereocenters. The van der Waals surface area contributed by atoms with Gasteiger partial charge in [-0.1, -0.05) is 0 Å². The van der Waals surface area contributed by atoms with Gasteiger partial charge in [0.2, 0.25) is 0 Å². The molecule has 0 spiro atoms. The van der Waals surface area contributed by atoms with E-state index in [1.165, 1.54) is 0 Å². The number of rotatable bonds is 26. The van der Waals surface area contributed by atoms with Crippen LogP contribution in [0.2, 0.25) is 0 Å². The molecule has 0 amide bonds. The topological polar surface area (TPSA) is 64.6 Å². The van der Waals surface area contributed by atoms with Gasteiger partial charge < -0.3 is 0 Å². The summed E-state index contributed by atoms with van der Waals surface area (Å²) in [7, 11) is 0. The maximum absolute atomic E-state index is 13.3. The number of hydrogen-bond acceptors (Lipinski definition) is 5. The summed E-state index contributed by atoms with van der Waals surface area (Å²) in [5, 5.41) is 3.14. The van der Waals surface area contributed by atoms with Gasteiger partial charge in [-0.25, -0.2) is 0 Å². The first-order chi connectivity index (χ1) is 18.6. The van der Waals surface area contributed by atoms with E-state index in [0.29, 0.717) is 0 Å². The molecule has 0 aromatic rings. The van der Waals surface area contributed by atoms with E-state index in [0.717, 1.165) is 126 Å². The van der Waals surface area contributed by atoms with Gasteiger partial charge in [0.25, 0.3) is 0 Å². The monoisotopic (exact) mass is 593 g/mol. The Balaban J connectivity index is 5.62. The van der Waals surface area contributed by atoms with Crippen LogP contribution in [0.3, 0.4) is 0 Å². The fourth-order valence-corrected chi connectivity index (χ4v) is 18.3. The average Bonchev–Trinajstić information content (AvgIpc) is 2.95. The molecule has 1 N–H and O–H groups in total. The van der Waals surface area contributed by atoms with Gasteiger partial charge in [-0.3, -0.25) is 0 Å². The van der Waals surface area contributed by atoms with Crippen molar-refractivity contribution in [3.63, 3.8) is 0 Å². The van der Waals surface area contributed by atoms with Gasteiger partial charge in [0.15, 0.2) is 0 Å². The normalized spacial score (nSPS) is 14.3. The Hall–Kier alpha value is -0.240. The molecule has 39 heavy (non-hydrogen) atoms. The molecule has 7 heteroatoms. The molecule has 0 aromatic carbocycles. The van der Waals surface area contributed by atoms with Gasteiger partial charge in [0.05, 0.1) is 0 Å². The van der Waals surface area contributed by atoms with Crippen molar-refractivity contribution in [1.82, 2.24) is 5.32 Å². The Bertz CT molecular complexity index is 580. The molecule has 0 bridgehead atoms. The molecule has 0 fully saturated rings. The van der Waals surface area contributed by atoms with Crippen molar-refractivity contribution in [3.05, 3.63) is 0 Å². The van der Waals surface area contributed by atoms with Crippen LogP contribution >= 0.6 is 13.7 Å². The first-order valence-electron chi connectivity index (χ1n) is 16.8. The van der Waals surface area contributed by atoms with Gasteiger partial charge in [-0.2, -0.15) is 0 Å². The number of nitrogens with one attached hydrogen (secondary N) is 1. The molecule has 0 saturated carbocycles. The van der Waals surface area contributed by atoms with Crippen LogP contribution in [0.25, 0.3) is 0 Å². The molecule has 0 rings (SSSR count). The van der Waals surface area contributed by atoms with E-state index in [2.05, 4.69) is 60.7 Å². The fraction of sp³-hybridized carbons (Fsp3) is 0.938. The summed E-state index contributed by atoms with van der Waals surface area (Å²) in [6.07, 6.45) is 21.6. The van der Waals surface area contributed by atoms with E-state index in [9.17, 15) is 9.59 Å². The van der Waals surface area contributed by atoms with E-state index in [-0.39, 0.29) is 25.0 Å². The summed E-state index contributed by atoms with van der Waals surface area (Å²) in [6.45, 7) is 12.8. The van der Waals surface area contributed by atoms with E-state index in [1.54, 1.807) is 0 Å². The van der Waals surface area contributed by atoms with Crippen molar-refractivity contribution in [1.29, 1.82) is 0 Å². The standard InChI is InChI=1S/C32H69NO4P2/c1-9-17-23-38(15-7,24-18-10-2,25-19-11-3)36-31(34)29-33-30-32(35)37-39(16-8,26-20-12-4,27-21-13-5)28-22-14-6/h33H,9-30H2,1-8H3. The molecular weight excluding hydrogens is 524 g/mol. The van der Waals surface area contributed by atoms with Crippen LogP contribution < -0.4 is 5.32 Å². The van der Waals surface area contributed by atoms with Gasteiger partial charge >= 0.3 is 244 Å². The Morgan fingerprint density at radius 3 is 0.872 bits per heavy atom. The molecule has 0 radical (unpaired) electrons. The molecule has 0 unspecified atom stereocenters. The van der Waals surface area contributed by atoms with Gasteiger partial charge in [-0.15, -0.1) is 0 Å². The Labute approximate surface area is 244 Å². The zero-order valence-corrected chi connectivity index (χ0v) is 29.4. The SMILES string of the molecule is CCCCP(CC)(CCCC)(CCCC)OC(=O)CNCC(=O)OP(CC)(CCCC)(CCCC)CCCC. The van der Waals surface area contributed by atoms with Crippen molar-refractivity contribution in [2.75, 3.05) is 62.4 Å².